The molecule has 1 heterocycles. The Bertz CT molecular complexity index is 908. The fourth-order valence-corrected chi connectivity index (χ4v) is 4.51. The van der Waals surface area contributed by atoms with Crippen molar-refractivity contribution in [3.8, 4) is 0 Å². The Kier molecular flexibility index (Phi) is 7.19. The number of carbonyl (C=O) groups is 1. The monoisotopic (exact) mass is 535 g/mol. The van der Waals surface area contributed by atoms with Gasteiger partial charge in [-0.05, 0) is 84.3 Å². The number of alkyl halides is 3. The third-order valence-corrected chi connectivity index (χ3v) is 6.41. The second-order valence-corrected chi connectivity index (χ2v) is 8.76. The number of ketones is 1. The van der Waals surface area contributed by atoms with Gasteiger partial charge in [0, 0.05) is 28.6 Å². The van der Waals surface area contributed by atoms with Crippen molar-refractivity contribution in [2.45, 2.75) is 37.5 Å². The molecule has 1 aliphatic rings. The molecule has 1 saturated heterocycles. The van der Waals surface area contributed by atoms with Crippen molar-refractivity contribution in [2.75, 3.05) is 19.6 Å². The van der Waals surface area contributed by atoms with Gasteiger partial charge in [0.2, 0.25) is 0 Å². The SMILES string of the molecule is O=C(CCCN1CCC(O)(c2cccc(C(F)(F)F)c2)CC1)c1ccc(F)cc1I. The lowest BCUT2D eigenvalue weighted by Crippen LogP contribution is -2.43. The number of aliphatic hydroxyl groups is 1. The highest BCUT2D eigenvalue weighted by Gasteiger charge is 2.36. The zero-order valence-electron chi connectivity index (χ0n) is 16.2. The van der Waals surface area contributed by atoms with Gasteiger partial charge in [0.1, 0.15) is 5.82 Å². The molecule has 1 N–H and O–H groups in total. The van der Waals surface area contributed by atoms with Gasteiger partial charge < -0.3 is 10.0 Å². The van der Waals surface area contributed by atoms with E-state index in [0.29, 0.717) is 54.5 Å². The number of benzene rings is 2. The fraction of sp³-hybridized carbons (Fsp3) is 0.409. The average molecular weight is 535 g/mol. The molecular weight excluding hydrogens is 513 g/mol. The predicted octanol–water partition coefficient (Wildman–Crippen LogP) is 5.40. The van der Waals surface area contributed by atoms with Gasteiger partial charge in [-0.1, -0.05) is 12.1 Å². The zero-order valence-corrected chi connectivity index (χ0v) is 18.3. The minimum absolute atomic E-state index is 0.0446. The lowest BCUT2D eigenvalue weighted by atomic mass is 9.83. The van der Waals surface area contributed by atoms with E-state index in [1.807, 2.05) is 22.6 Å². The molecule has 0 aliphatic carbocycles. The smallest absolute Gasteiger partial charge is 0.385 e. The van der Waals surface area contributed by atoms with Crippen molar-refractivity contribution >= 4 is 28.4 Å². The van der Waals surface area contributed by atoms with Gasteiger partial charge in [-0.3, -0.25) is 4.79 Å². The molecule has 0 radical (unpaired) electrons. The number of Topliss-reactive ketones (excluding diaryl/α,β-unsaturated/α-hetero) is 1. The van der Waals surface area contributed by atoms with E-state index in [1.165, 1.54) is 30.3 Å². The molecule has 1 aliphatic heterocycles. The first kappa shape index (κ1) is 23.1. The largest absolute Gasteiger partial charge is 0.416 e. The third-order valence-electron chi connectivity index (χ3n) is 5.52. The summed E-state index contributed by atoms with van der Waals surface area (Å²) in [4.78, 5) is 14.4. The molecule has 0 spiro atoms. The number of rotatable bonds is 6. The van der Waals surface area contributed by atoms with Crippen LogP contribution < -0.4 is 0 Å². The van der Waals surface area contributed by atoms with Crippen LogP contribution in [0.1, 0.15) is 47.2 Å². The molecule has 2 aromatic rings. The Hall–Kier alpha value is -1.52. The number of hydrogen-bond acceptors (Lipinski definition) is 3. The van der Waals surface area contributed by atoms with Gasteiger partial charge >= 0.3 is 6.18 Å². The topological polar surface area (TPSA) is 40.5 Å². The molecular formula is C22H22F4INO2. The van der Waals surface area contributed by atoms with Crippen LogP contribution in [0.4, 0.5) is 17.6 Å². The van der Waals surface area contributed by atoms with Gasteiger partial charge in [0.25, 0.3) is 0 Å². The second-order valence-electron chi connectivity index (χ2n) is 7.60. The van der Waals surface area contributed by atoms with E-state index in [4.69, 9.17) is 0 Å². The van der Waals surface area contributed by atoms with Gasteiger partial charge in [0.15, 0.2) is 5.78 Å². The first-order chi connectivity index (χ1) is 14.1. The third kappa shape index (κ3) is 5.59. The second kappa shape index (κ2) is 9.32. The number of halogens is 5. The Morgan fingerprint density at radius 3 is 2.47 bits per heavy atom. The minimum atomic E-state index is -4.44. The summed E-state index contributed by atoms with van der Waals surface area (Å²) < 4.78 is 52.6. The lowest BCUT2D eigenvalue weighted by Gasteiger charge is -2.38. The molecule has 3 nitrogen and oxygen atoms in total. The van der Waals surface area contributed by atoms with Gasteiger partial charge in [0.05, 0.1) is 11.2 Å². The molecule has 0 amide bonds. The first-order valence-corrected chi connectivity index (χ1v) is 10.8. The summed E-state index contributed by atoms with van der Waals surface area (Å²) in [6, 6.07) is 8.98. The summed E-state index contributed by atoms with van der Waals surface area (Å²) in [5.74, 6) is -0.422. The van der Waals surface area contributed by atoms with Crippen LogP contribution in [0.3, 0.4) is 0 Å². The maximum Gasteiger partial charge on any atom is 0.416 e. The van der Waals surface area contributed by atoms with Gasteiger partial charge in [-0.2, -0.15) is 13.2 Å². The molecule has 0 saturated carbocycles. The summed E-state index contributed by atoms with van der Waals surface area (Å²) in [5, 5.41) is 10.9. The summed E-state index contributed by atoms with van der Waals surface area (Å²) in [6.45, 7) is 1.73. The van der Waals surface area contributed by atoms with E-state index >= 15 is 0 Å². The standard InChI is InChI=1S/C22H22F4INO2/c23-17-6-7-18(19(27)14-17)20(29)5-2-10-28-11-8-21(30,9-12-28)15-3-1-4-16(13-15)22(24,25)26/h1,3-4,6-7,13-14,30H,2,5,8-12H2. The minimum Gasteiger partial charge on any atom is -0.385 e. The van der Waals surface area contributed by atoms with Crippen LogP contribution in [0.25, 0.3) is 0 Å². The Labute approximate surface area is 186 Å². The predicted molar refractivity (Wildman–Crippen MR) is 114 cm³/mol. The van der Waals surface area contributed by atoms with Crippen molar-refractivity contribution in [3.63, 3.8) is 0 Å². The van der Waals surface area contributed by atoms with Crippen molar-refractivity contribution in [2.24, 2.45) is 0 Å². The molecule has 8 heteroatoms. The average Bonchev–Trinajstić information content (AvgIpc) is 2.69. The quantitative estimate of drug-likeness (QED) is 0.306. The molecule has 0 bridgehead atoms. The van der Waals surface area contributed by atoms with Crippen LogP contribution in [0.5, 0.6) is 0 Å². The van der Waals surface area contributed by atoms with E-state index < -0.39 is 17.3 Å². The highest BCUT2D eigenvalue weighted by molar-refractivity contribution is 14.1. The van der Waals surface area contributed by atoms with Crippen LogP contribution in [0.2, 0.25) is 0 Å². The first-order valence-electron chi connectivity index (χ1n) is 9.69. The highest BCUT2D eigenvalue weighted by atomic mass is 127. The normalized spacial score (nSPS) is 17.1. The highest BCUT2D eigenvalue weighted by Crippen LogP contribution is 2.36. The van der Waals surface area contributed by atoms with Crippen molar-refractivity contribution < 1.29 is 27.5 Å². The molecule has 162 valence electrons. The van der Waals surface area contributed by atoms with Crippen molar-refractivity contribution in [1.29, 1.82) is 0 Å². The molecule has 30 heavy (non-hydrogen) atoms. The Balaban J connectivity index is 1.51. The summed E-state index contributed by atoms with van der Waals surface area (Å²) in [7, 11) is 0. The van der Waals surface area contributed by atoms with Crippen LogP contribution in [-0.2, 0) is 11.8 Å². The Morgan fingerprint density at radius 2 is 1.83 bits per heavy atom. The maximum atomic E-state index is 13.2. The fourth-order valence-electron chi connectivity index (χ4n) is 3.73. The Morgan fingerprint density at radius 1 is 1.13 bits per heavy atom. The maximum absolute atomic E-state index is 13.2. The molecule has 2 aromatic carbocycles. The summed E-state index contributed by atoms with van der Waals surface area (Å²) in [6.07, 6.45) is -2.83. The van der Waals surface area contributed by atoms with Crippen LogP contribution >= 0.6 is 22.6 Å². The van der Waals surface area contributed by atoms with Crippen LogP contribution in [0, 0.1) is 9.39 Å². The molecule has 3 rings (SSSR count). The zero-order chi connectivity index (χ0) is 21.9. The van der Waals surface area contributed by atoms with Crippen LogP contribution in [-0.4, -0.2) is 35.4 Å². The lowest BCUT2D eigenvalue weighted by molar-refractivity contribution is -0.137. The van der Waals surface area contributed by atoms with Crippen molar-refractivity contribution in [1.82, 2.24) is 4.90 Å². The summed E-state index contributed by atoms with van der Waals surface area (Å²) in [5.41, 5.74) is -1.24. The molecule has 0 aromatic heterocycles. The molecule has 0 atom stereocenters. The van der Waals surface area contributed by atoms with Crippen LogP contribution in [0.15, 0.2) is 42.5 Å². The summed E-state index contributed by atoms with van der Waals surface area (Å²) >= 11 is 1.94. The van der Waals surface area contributed by atoms with Crippen molar-refractivity contribution in [3.05, 3.63) is 68.5 Å². The van der Waals surface area contributed by atoms with E-state index in [1.54, 1.807) is 0 Å². The van der Waals surface area contributed by atoms with Gasteiger partial charge in [-0.25, -0.2) is 4.39 Å². The number of hydrogen-bond donors (Lipinski definition) is 1. The van der Waals surface area contributed by atoms with E-state index in [-0.39, 0.29) is 17.2 Å². The van der Waals surface area contributed by atoms with E-state index in [9.17, 15) is 27.5 Å². The molecule has 1 fully saturated rings. The number of carbonyl (C=O) groups excluding carboxylic acids is 1. The van der Waals surface area contributed by atoms with E-state index in [0.717, 1.165) is 12.1 Å². The van der Waals surface area contributed by atoms with Gasteiger partial charge in [-0.15, -0.1) is 0 Å². The number of nitrogens with zero attached hydrogens (tertiary/aromatic N) is 1. The molecule has 0 unspecified atom stereocenters. The van der Waals surface area contributed by atoms with E-state index in [2.05, 4.69) is 4.90 Å². The number of piperidine rings is 1. The number of likely N-dealkylation sites (tertiary alicyclic amines) is 1.